The van der Waals surface area contributed by atoms with Crippen LogP contribution in [0.5, 0.6) is 0 Å². The van der Waals surface area contributed by atoms with E-state index in [1.54, 1.807) is 22.9 Å². The van der Waals surface area contributed by atoms with Crippen LogP contribution in [0.3, 0.4) is 0 Å². The van der Waals surface area contributed by atoms with Crippen molar-refractivity contribution in [1.29, 1.82) is 0 Å². The average Bonchev–Trinajstić information content (AvgIpc) is 3.24. The number of hydrogen-bond donors (Lipinski definition) is 1. The van der Waals surface area contributed by atoms with Crippen molar-refractivity contribution >= 4 is 28.8 Å². The minimum atomic E-state index is -0.375. The van der Waals surface area contributed by atoms with Gasteiger partial charge in [0.25, 0.3) is 5.91 Å². The average molecular weight is 451 g/mol. The molecule has 0 saturated heterocycles. The smallest absolute Gasteiger partial charge is 0.257 e. The van der Waals surface area contributed by atoms with Crippen molar-refractivity contribution in [2.45, 2.75) is 33.7 Å². The molecule has 31 heavy (non-hydrogen) atoms. The lowest BCUT2D eigenvalue weighted by atomic mass is 10.0. The third-order valence-electron chi connectivity index (χ3n) is 5.17. The van der Waals surface area contributed by atoms with Crippen molar-refractivity contribution < 1.29 is 4.79 Å². The predicted octanol–water partition coefficient (Wildman–Crippen LogP) is 5.74. The molecule has 0 bridgehead atoms. The first kappa shape index (κ1) is 21.3. The zero-order valence-electron chi connectivity index (χ0n) is 17.8. The fourth-order valence-electron chi connectivity index (χ4n) is 3.46. The molecule has 0 aliphatic heterocycles. The van der Waals surface area contributed by atoms with Crippen LogP contribution in [0.15, 0.2) is 54.6 Å². The van der Waals surface area contributed by atoms with Gasteiger partial charge < -0.3 is 5.32 Å². The summed E-state index contributed by atoms with van der Waals surface area (Å²) in [5.41, 5.74) is 4.81. The fraction of sp³-hybridized carbons (Fsp3) is 0.208. The van der Waals surface area contributed by atoms with E-state index in [1.165, 1.54) is 0 Å². The van der Waals surface area contributed by atoms with E-state index in [2.05, 4.69) is 16.5 Å². The molecule has 2 aromatic carbocycles. The van der Waals surface area contributed by atoms with Crippen molar-refractivity contribution in [3.63, 3.8) is 0 Å². The molecule has 1 unspecified atom stereocenters. The molecule has 0 radical (unpaired) electrons. The maximum atomic E-state index is 13.4. The monoisotopic (exact) mass is 450 g/mol. The zero-order valence-corrected chi connectivity index (χ0v) is 19.4. The van der Waals surface area contributed by atoms with Crippen LogP contribution < -0.4 is 5.32 Å². The van der Waals surface area contributed by atoms with Crippen molar-refractivity contribution in [2.75, 3.05) is 0 Å². The summed E-state index contributed by atoms with van der Waals surface area (Å²) < 4.78 is 1.59. The molecule has 0 fully saturated rings. The van der Waals surface area contributed by atoms with Gasteiger partial charge in [0.1, 0.15) is 16.2 Å². The van der Waals surface area contributed by atoms with E-state index in [0.717, 1.165) is 32.4 Å². The van der Waals surface area contributed by atoms with Crippen LogP contribution in [0.25, 0.3) is 5.69 Å². The van der Waals surface area contributed by atoms with E-state index in [0.29, 0.717) is 11.3 Å². The second-order valence-corrected chi connectivity index (χ2v) is 9.11. The molecule has 2 aromatic heterocycles. The van der Waals surface area contributed by atoms with E-state index in [9.17, 15) is 4.79 Å². The molecular formula is C24H23ClN4OS. The summed E-state index contributed by atoms with van der Waals surface area (Å²) in [5, 5.41) is 8.78. The number of carbonyl (C=O) groups is 1. The Morgan fingerprint density at radius 2 is 1.77 bits per heavy atom. The molecule has 4 aromatic rings. The SMILES string of the molecule is Cc1cccc(C(NC(=O)c2c(C)nn(-c3ccccc3)c2Cl)c2nc(C)c(C)s2)c1. The highest BCUT2D eigenvalue weighted by Gasteiger charge is 2.26. The molecule has 0 saturated carbocycles. The maximum Gasteiger partial charge on any atom is 0.257 e. The summed E-state index contributed by atoms with van der Waals surface area (Å²) in [5.74, 6) is -0.276. The van der Waals surface area contributed by atoms with Gasteiger partial charge in [-0.1, -0.05) is 59.6 Å². The number of aromatic nitrogens is 3. The van der Waals surface area contributed by atoms with Gasteiger partial charge in [-0.05, 0) is 45.4 Å². The van der Waals surface area contributed by atoms with Gasteiger partial charge in [-0.3, -0.25) is 4.79 Å². The second-order valence-electron chi connectivity index (χ2n) is 7.51. The summed E-state index contributed by atoms with van der Waals surface area (Å²) in [6.07, 6.45) is 0. The van der Waals surface area contributed by atoms with Crippen LogP contribution >= 0.6 is 22.9 Å². The Morgan fingerprint density at radius 3 is 2.42 bits per heavy atom. The number of thiazole rings is 1. The molecule has 1 N–H and O–H groups in total. The van der Waals surface area contributed by atoms with Gasteiger partial charge >= 0.3 is 0 Å². The standard InChI is InChI=1S/C24H23ClN4OS/c1-14-9-8-10-18(13-14)21(24-26-15(2)17(4)31-24)27-23(30)20-16(3)28-29(22(20)25)19-11-6-5-7-12-19/h5-13,21H,1-4H3,(H,27,30). The molecule has 158 valence electrons. The molecule has 2 heterocycles. The van der Waals surface area contributed by atoms with Crippen molar-refractivity contribution in [3.05, 3.63) is 97.7 Å². The number of amides is 1. The van der Waals surface area contributed by atoms with Gasteiger partial charge in [-0.2, -0.15) is 5.10 Å². The Balaban J connectivity index is 1.73. The number of nitrogens with zero attached hydrogens (tertiary/aromatic N) is 3. The Hall–Kier alpha value is -2.96. The van der Waals surface area contributed by atoms with Crippen molar-refractivity contribution in [1.82, 2.24) is 20.1 Å². The molecule has 0 spiro atoms. The lowest BCUT2D eigenvalue weighted by molar-refractivity contribution is 0.0942. The fourth-order valence-corrected chi connectivity index (χ4v) is 4.82. The van der Waals surface area contributed by atoms with E-state index in [4.69, 9.17) is 16.6 Å². The largest absolute Gasteiger partial charge is 0.339 e. The Labute approximate surface area is 190 Å². The molecule has 4 rings (SSSR count). The quantitative estimate of drug-likeness (QED) is 0.422. The maximum absolute atomic E-state index is 13.4. The molecule has 1 atom stereocenters. The van der Waals surface area contributed by atoms with Crippen LogP contribution in [-0.4, -0.2) is 20.7 Å². The second kappa shape index (κ2) is 8.65. The number of hydrogen-bond acceptors (Lipinski definition) is 4. The summed E-state index contributed by atoms with van der Waals surface area (Å²) in [6, 6.07) is 17.3. The van der Waals surface area contributed by atoms with Gasteiger partial charge in [0.15, 0.2) is 0 Å². The van der Waals surface area contributed by atoms with E-state index in [-0.39, 0.29) is 17.1 Å². The highest BCUT2D eigenvalue weighted by atomic mass is 35.5. The van der Waals surface area contributed by atoms with E-state index >= 15 is 0 Å². The highest BCUT2D eigenvalue weighted by molar-refractivity contribution is 7.11. The number of carbonyl (C=O) groups excluding carboxylic acids is 1. The Kier molecular flexibility index (Phi) is 5.94. The third-order valence-corrected chi connectivity index (χ3v) is 6.66. The summed E-state index contributed by atoms with van der Waals surface area (Å²) in [6.45, 7) is 7.84. The Morgan fingerprint density at radius 1 is 1.03 bits per heavy atom. The Bertz CT molecular complexity index is 1230. The number of para-hydroxylation sites is 1. The van der Waals surface area contributed by atoms with Gasteiger partial charge in [-0.25, -0.2) is 9.67 Å². The van der Waals surface area contributed by atoms with E-state index in [1.807, 2.05) is 69.3 Å². The summed E-state index contributed by atoms with van der Waals surface area (Å²) in [4.78, 5) is 19.2. The van der Waals surface area contributed by atoms with Gasteiger partial charge in [0, 0.05) is 4.88 Å². The molecule has 0 aliphatic carbocycles. The van der Waals surface area contributed by atoms with Gasteiger partial charge in [-0.15, -0.1) is 11.3 Å². The first-order valence-corrected chi connectivity index (χ1v) is 11.2. The molecule has 5 nitrogen and oxygen atoms in total. The number of nitrogens with one attached hydrogen (secondary N) is 1. The number of benzene rings is 2. The van der Waals surface area contributed by atoms with E-state index < -0.39 is 0 Å². The number of halogens is 1. The number of aryl methyl sites for hydroxylation is 4. The highest BCUT2D eigenvalue weighted by Crippen LogP contribution is 2.30. The predicted molar refractivity (Wildman–Crippen MR) is 125 cm³/mol. The van der Waals surface area contributed by atoms with Crippen molar-refractivity contribution in [3.8, 4) is 5.69 Å². The van der Waals surface area contributed by atoms with Crippen LogP contribution in [-0.2, 0) is 0 Å². The molecule has 7 heteroatoms. The van der Waals surface area contributed by atoms with Crippen LogP contribution in [0.2, 0.25) is 5.15 Å². The van der Waals surface area contributed by atoms with Gasteiger partial charge in [0.2, 0.25) is 0 Å². The number of rotatable bonds is 5. The van der Waals surface area contributed by atoms with Gasteiger partial charge in [0.05, 0.1) is 22.6 Å². The molecule has 1 amide bonds. The normalized spacial score (nSPS) is 12.0. The third kappa shape index (κ3) is 4.27. The summed E-state index contributed by atoms with van der Waals surface area (Å²) >= 11 is 8.21. The molecule has 0 aliphatic rings. The minimum Gasteiger partial charge on any atom is -0.339 e. The van der Waals surface area contributed by atoms with Crippen LogP contribution in [0, 0.1) is 27.7 Å². The first-order chi connectivity index (χ1) is 14.8. The van der Waals surface area contributed by atoms with Crippen molar-refractivity contribution in [2.24, 2.45) is 0 Å². The lowest BCUT2D eigenvalue weighted by Gasteiger charge is -2.18. The summed E-state index contributed by atoms with van der Waals surface area (Å²) in [7, 11) is 0. The molecular weight excluding hydrogens is 428 g/mol. The zero-order chi connectivity index (χ0) is 22.1. The van der Waals surface area contributed by atoms with Crippen LogP contribution in [0.4, 0.5) is 0 Å². The lowest BCUT2D eigenvalue weighted by Crippen LogP contribution is -2.30. The topological polar surface area (TPSA) is 59.8 Å². The first-order valence-electron chi connectivity index (χ1n) is 9.97. The van der Waals surface area contributed by atoms with Crippen LogP contribution in [0.1, 0.15) is 48.8 Å². The minimum absolute atomic E-state index is 0.276.